The van der Waals surface area contributed by atoms with E-state index in [1.807, 2.05) is 22.8 Å². The Morgan fingerprint density at radius 3 is 2.96 bits per heavy atom. The van der Waals surface area contributed by atoms with Gasteiger partial charge >= 0.3 is 0 Å². The molecule has 0 saturated carbocycles. The zero-order chi connectivity index (χ0) is 17.4. The van der Waals surface area contributed by atoms with Crippen molar-refractivity contribution in [3.8, 4) is 0 Å². The molecule has 3 amide bonds. The molecular weight excluding hydrogens is 360 g/mol. The highest BCUT2D eigenvalue weighted by Gasteiger charge is 2.45. The summed E-state index contributed by atoms with van der Waals surface area (Å²) in [6.07, 6.45) is 0.530. The normalized spacial score (nSPS) is 29.5. The number of thioether (sulfide) groups is 1. The van der Waals surface area contributed by atoms with Gasteiger partial charge in [-0.1, -0.05) is 17.8 Å². The van der Waals surface area contributed by atoms with Crippen molar-refractivity contribution in [1.82, 2.24) is 15.1 Å². The van der Waals surface area contributed by atoms with Gasteiger partial charge in [0.15, 0.2) is 6.04 Å². The highest BCUT2D eigenvalue weighted by atomic mass is 32.2. The molecule has 0 aromatic carbocycles. The van der Waals surface area contributed by atoms with Crippen LogP contribution in [-0.4, -0.2) is 76.9 Å². The molecule has 134 valence electrons. The third-order valence-electron chi connectivity index (χ3n) is 4.99. The number of amides is 3. The number of nitrogens with zero attached hydrogens (tertiary/aromatic N) is 2. The summed E-state index contributed by atoms with van der Waals surface area (Å²) in [6.45, 7) is 1.25. The molecular formula is C16H21N4O3S2+. The lowest BCUT2D eigenvalue weighted by atomic mass is 10.0. The maximum absolute atomic E-state index is 12.8. The first-order valence-electron chi connectivity index (χ1n) is 8.46. The number of nitrogens with one attached hydrogen (secondary N) is 1. The number of thiophene rings is 1. The van der Waals surface area contributed by atoms with E-state index < -0.39 is 12.1 Å². The predicted molar refractivity (Wildman–Crippen MR) is 95.1 cm³/mol. The average Bonchev–Trinajstić information content (AvgIpc) is 3.32. The highest BCUT2D eigenvalue weighted by molar-refractivity contribution is 7.99. The highest BCUT2D eigenvalue weighted by Crippen LogP contribution is 2.20. The molecule has 25 heavy (non-hydrogen) atoms. The molecule has 3 aliphatic heterocycles. The second kappa shape index (κ2) is 6.97. The van der Waals surface area contributed by atoms with Crippen molar-refractivity contribution in [2.24, 2.45) is 0 Å². The summed E-state index contributed by atoms with van der Waals surface area (Å²) in [7, 11) is 0. The van der Waals surface area contributed by atoms with Crippen molar-refractivity contribution in [3.05, 3.63) is 22.4 Å². The van der Waals surface area contributed by atoms with E-state index in [0.717, 1.165) is 16.5 Å². The molecule has 4 heterocycles. The van der Waals surface area contributed by atoms with Gasteiger partial charge in [0, 0.05) is 24.4 Å². The molecule has 3 saturated heterocycles. The van der Waals surface area contributed by atoms with Crippen LogP contribution in [0.25, 0.3) is 0 Å². The Labute approximate surface area is 154 Å². The summed E-state index contributed by atoms with van der Waals surface area (Å²) < 4.78 is 0. The van der Waals surface area contributed by atoms with Crippen LogP contribution in [0.5, 0.6) is 0 Å². The Balaban J connectivity index is 1.43. The van der Waals surface area contributed by atoms with Crippen LogP contribution in [0.3, 0.4) is 0 Å². The van der Waals surface area contributed by atoms with Crippen molar-refractivity contribution >= 4 is 40.8 Å². The average molecular weight is 382 g/mol. The second-order valence-corrected chi connectivity index (χ2v) is 8.66. The van der Waals surface area contributed by atoms with Crippen LogP contribution in [0.4, 0.5) is 0 Å². The largest absolute Gasteiger partial charge is 0.342 e. The predicted octanol–water partition coefficient (Wildman–Crippen LogP) is -1.54. The molecule has 0 bridgehead atoms. The molecule has 3 aliphatic rings. The number of piperazine rings is 2. The number of carbonyl (C=O) groups excluding carboxylic acids is 3. The van der Waals surface area contributed by atoms with E-state index in [-0.39, 0.29) is 23.8 Å². The Kier molecular flexibility index (Phi) is 4.70. The van der Waals surface area contributed by atoms with Crippen molar-refractivity contribution < 1.29 is 19.7 Å². The van der Waals surface area contributed by atoms with Gasteiger partial charge in [-0.15, -0.1) is 11.3 Å². The fourth-order valence-corrected chi connectivity index (χ4v) is 5.41. The molecule has 3 atom stereocenters. The second-order valence-electron chi connectivity index (χ2n) is 6.56. The molecule has 0 spiro atoms. The van der Waals surface area contributed by atoms with E-state index in [1.54, 1.807) is 32.9 Å². The van der Waals surface area contributed by atoms with Crippen LogP contribution in [-0.2, 0) is 20.8 Å². The van der Waals surface area contributed by atoms with E-state index in [4.69, 9.17) is 0 Å². The maximum Gasteiger partial charge on any atom is 0.281 e. The van der Waals surface area contributed by atoms with Gasteiger partial charge in [0.25, 0.3) is 5.91 Å². The number of rotatable bonds is 3. The summed E-state index contributed by atoms with van der Waals surface area (Å²) in [4.78, 5) is 42.4. The third kappa shape index (κ3) is 3.28. The lowest BCUT2D eigenvalue weighted by Gasteiger charge is -2.45. The molecule has 4 rings (SSSR count). The van der Waals surface area contributed by atoms with Gasteiger partial charge in [-0.3, -0.25) is 14.4 Å². The zero-order valence-corrected chi connectivity index (χ0v) is 15.4. The number of hydrogen-bond acceptors (Lipinski definition) is 5. The van der Waals surface area contributed by atoms with Crippen LogP contribution in [0, 0.1) is 0 Å². The minimum absolute atomic E-state index is 0.0342. The summed E-state index contributed by atoms with van der Waals surface area (Å²) in [5, 5.41) is 6.87. The molecule has 0 unspecified atom stereocenters. The fraction of sp³-hybridized carbons (Fsp3) is 0.562. The van der Waals surface area contributed by atoms with E-state index in [0.29, 0.717) is 26.1 Å². The van der Waals surface area contributed by atoms with Crippen LogP contribution in [0.1, 0.15) is 4.88 Å². The monoisotopic (exact) mass is 381 g/mol. The minimum atomic E-state index is -0.557. The summed E-state index contributed by atoms with van der Waals surface area (Å²) in [5.41, 5.74) is 0. The lowest BCUT2D eigenvalue weighted by molar-refractivity contribution is -0.649. The van der Waals surface area contributed by atoms with Gasteiger partial charge in [-0.2, -0.15) is 0 Å². The smallest absolute Gasteiger partial charge is 0.281 e. The Bertz CT molecular complexity index is 675. The van der Waals surface area contributed by atoms with E-state index >= 15 is 0 Å². The van der Waals surface area contributed by atoms with Gasteiger partial charge < -0.3 is 20.4 Å². The number of fused-ring (bicyclic) bond motifs is 1. The van der Waals surface area contributed by atoms with Gasteiger partial charge in [0.2, 0.25) is 11.8 Å². The minimum Gasteiger partial charge on any atom is -0.342 e. The summed E-state index contributed by atoms with van der Waals surface area (Å²) in [6, 6.07) is 2.82. The SMILES string of the molecule is O=C1N[C@@H](Cc2cccs2)C(=O)N2CCN(C(=O)[C@@H]3CSC[NH2+]3)C[C@H]12. The van der Waals surface area contributed by atoms with Gasteiger partial charge in [-0.25, -0.2) is 0 Å². The number of quaternary nitrogens is 1. The molecule has 3 N–H and O–H groups in total. The van der Waals surface area contributed by atoms with E-state index in [1.165, 1.54) is 0 Å². The fourth-order valence-electron chi connectivity index (χ4n) is 3.62. The first kappa shape index (κ1) is 16.9. The number of carbonyl (C=O) groups is 3. The summed E-state index contributed by atoms with van der Waals surface area (Å²) in [5.74, 6) is 1.63. The molecule has 7 nitrogen and oxygen atoms in total. The van der Waals surface area contributed by atoms with Crippen molar-refractivity contribution in [3.63, 3.8) is 0 Å². The zero-order valence-electron chi connectivity index (χ0n) is 13.7. The Hall–Kier alpha value is -1.58. The lowest BCUT2D eigenvalue weighted by Crippen LogP contribution is -2.90. The van der Waals surface area contributed by atoms with Gasteiger partial charge in [-0.05, 0) is 11.4 Å². The Morgan fingerprint density at radius 1 is 1.36 bits per heavy atom. The Morgan fingerprint density at radius 2 is 2.24 bits per heavy atom. The quantitative estimate of drug-likeness (QED) is 0.665. The first-order chi connectivity index (χ1) is 12.1. The van der Waals surface area contributed by atoms with E-state index in [9.17, 15) is 14.4 Å². The van der Waals surface area contributed by atoms with Gasteiger partial charge in [0.1, 0.15) is 18.0 Å². The van der Waals surface area contributed by atoms with Crippen LogP contribution >= 0.6 is 23.1 Å². The maximum atomic E-state index is 12.8. The molecule has 0 radical (unpaired) electrons. The summed E-state index contributed by atoms with van der Waals surface area (Å²) >= 11 is 3.34. The van der Waals surface area contributed by atoms with Crippen molar-refractivity contribution in [2.75, 3.05) is 31.3 Å². The standard InChI is InChI=1S/C16H20N4O3S2/c21-14-13-7-19(15(22)12-8-24-9-17-12)3-4-20(13)16(23)11(18-14)6-10-2-1-5-25-10/h1-2,5,11-13,17H,3-4,6-9H2,(H,18,21)/p+1/t11-,12-,13+/m0/s1. The molecule has 1 aromatic rings. The number of hydrogen-bond donors (Lipinski definition) is 2. The van der Waals surface area contributed by atoms with Crippen LogP contribution in [0.2, 0.25) is 0 Å². The molecule has 1 aromatic heterocycles. The number of nitrogens with two attached hydrogens (primary N) is 1. The van der Waals surface area contributed by atoms with Gasteiger partial charge in [0.05, 0.1) is 12.3 Å². The molecule has 0 aliphatic carbocycles. The third-order valence-corrected chi connectivity index (χ3v) is 6.91. The topological polar surface area (TPSA) is 86.3 Å². The van der Waals surface area contributed by atoms with Crippen molar-refractivity contribution in [2.45, 2.75) is 24.5 Å². The van der Waals surface area contributed by atoms with Crippen LogP contribution < -0.4 is 10.6 Å². The first-order valence-corrected chi connectivity index (χ1v) is 10.5. The van der Waals surface area contributed by atoms with Crippen LogP contribution in [0.15, 0.2) is 17.5 Å². The van der Waals surface area contributed by atoms with Crippen molar-refractivity contribution in [1.29, 1.82) is 0 Å². The molecule has 3 fully saturated rings. The molecule has 9 heteroatoms. The van der Waals surface area contributed by atoms with E-state index in [2.05, 4.69) is 5.32 Å².